The summed E-state index contributed by atoms with van der Waals surface area (Å²) in [6, 6.07) is 12.2. The van der Waals surface area contributed by atoms with E-state index in [1.165, 1.54) is 24.8 Å². The SMILES string of the molecule is C[C@@H](c1ccccc1)N1[C@H]2CC[C@H](C2)[C@@H]1CO. The molecule has 1 aromatic carbocycles. The van der Waals surface area contributed by atoms with E-state index in [1.807, 2.05) is 0 Å². The summed E-state index contributed by atoms with van der Waals surface area (Å²) in [4.78, 5) is 2.56. The van der Waals surface area contributed by atoms with Gasteiger partial charge in [0.15, 0.2) is 0 Å². The van der Waals surface area contributed by atoms with Crippen molar-refractivity contribution in [1.82, 2.24) is 4.90 Å². The van der Waals surface area contributed by atoms with Crippen molar-refractivity contribution in [2.75, 3.05) is 6.61 Å². The Hall–Kier alpha value is -0.860. The minimum atomic E-state index is 0.318. The molecule has 2 nitrogen and oxygen atoms in total. The number of nitrogens with zero attached hydrogens (tertiary/aromatic N) is 1. The molecular formula is C15H21NO. The van der Waals surface area contributed by atoms with E-state index in [2.05, 4.69) is 42.2 Å². The van der Waals surface area contributed by atoms with Crippen molar-refractivity contribution in [2.45, 2.75) is 44.3 Å². The smallest absolute Gasteiger partial charge is 0.0589 e. The first-order chi connectivity index (χ1) is 8.31. The van der Waals surface area contributed by atoms with Gasteiger partial charge in [0, 0.05) is 18.1 Å². The summed E-state index contributed by atoms with van der Waals surface area (Å²) >= 11 is 0. The molecule has 1 aliphatic heterocycles. The average molecular weight is 231 g/mol. The van der Waals surface area contributed by atoms with Crippen molar-refractivity contribution in [3.63, 3.8) is 0 Å². The van der Waals surface area contributed by atoms with Crippen molar-refractivity contribution < 1.29 is 5.11 Å². The molecule has 2 bridgehead atoms. The van der Waals surface area contributed by atoms with Gasteiger partial charge in [-0.2, -0.15) is 0 Å². The number of benzene rings is 1. The van der Waals surface area contributed by atoms with Crippen LogP contribution in [0.1, 0.15) is 37.8 Å². The lowest BCUT2D eigenvalue weighted by Crippen LogP contribution is -2.44. The van der Waals surface area contributed by atoms with E-state index in [4.69, 9.17) is 0 Å². The summed E-state index contributed by atoms with van der Waals surface area (Å²) in [5.41, 5.74) is 1.37. The zero-order chi connectivity index (χ0) is 11.8. The van der Waals surface area contributed by atoms with Gasteiger partial charge in [-0.15, -0.1) is 0 Å². The summed E-state index contributed by atoms with van der Waals surface area (Å²) in [7, 11) is 0. The maximum atomic E-state index is 9.61. The zero-order valence-corrected chi connectivity index (χ0v) is 10.4. The van der Waals surface area contributed by atoms with E-state index in [1.54, 1.807) is 0 Å². The summed E-state index contributed by atoms with van der Waals surface area (Å²) < 4.78 is 0. The second-order valence-electron chi connectivity index (χ2n) is 5.51. The predicted molar refractivity (Wildman–Crippen MR) is 68.7 cm³/mol. The molecule has 17 heavy (non-hydrogen) atoms. The fourth-order valence-electron chi connectivity index (χ4n) is 3.88. The third-order valence-corrected chi connectivity index (χ3v) is 4.71. The highest BCUT2D eigenvalue weighted by Crippen LogP contribution is 2.46. The highest BCUT2D eigenvalue weighted by Gasteiger charge is 2.47. The minimum absolute atomic E-state index is 0.318. The maximum Gasteiger partial charge on any atom is 0.0589 e. The first-order valence-corrected chi connectivity index (χ1v) is 6.74. The number of aliphatic hydroxyl groups is 1. The largest absolute Gasteiger partial charge is 0.395 e. The van der Waals surface area contributed by atoms with Crippen LogP contribution in [0.3, 0.4) is 0 Å². The quantitative estimate of drug-likeness (QED) is 0.864. The maximum absolute atomic E-state index is 9.61. The van der Waals surface area contributed by atoms with Gasteiger partial charge < -0.3 is 5.11 Å². The van der Waals surface area contributed by atoms with Gasteiger partial charge in [-0.3, -0.25) is 4.90 Å². The zero-order valence-electron chi connectivity index (χ0n) is 10.4. The first kappa shape index (κ1) is 11.2. The molecule has 0 spiro atoms. The van der Waals surface area contributed by atoms with Gasteiger partial charge in [-0.1, -0.05) is 30.3 Å². The molecule has 1 aliphatic carbocycles. The molecule has 0 radical (unpaired) electrons. The van der Waals surface area contributed by atoms with E-state index in [-0.39, 0.29) is 0 Å². The third-order valence-electron chi connectivity index (χ3n) is 4.71. The van der Waals surface area contributed by atoms with Crippen LogP contribution in [0.15, 0.2) is 30.3 Å². The molecule has 4 atom stereocenters. The van der Waals surface area contributed by atoms with Crippen LogP contribution >= 0.6 is 0 Å². The molecule has 2 fully saturated rings. The van der Waals surface area contributed by atoms with Gasteiger partial charge in [-0.25, -0.2) is 0 Å². The molecule has 1 saturated heterocycles. The molecule has 2 aliphatic rings. The Bertz CT molecular complexity index is 378. The van der Waals surface area contributed by atoms with Gasteiger partial charge in [0.2, 0.25) is 0 Å². The molecule has 0 amide bonds. The van der Waals surface area contributed by atoms with Gasteiger partial charge in [0.1, 0.15) is 0 Å². The Balaban J connectivity index is 1.84. The standard InChI is InChI=1S/C15H21NO/c1-11(12-5-3-2-4-6-12)16-14-8-7-13(9-14)15(16)10-17/h2-6,11,13-15,17H,7-10H2,1H3/t11-,13+,14-,15-/m0/s1. The molecule has 0 aromatic heterocycles. The van der Waals surface area contributed by atoms with Crippen molar-refractivity contribution in [3.05, 3.63) is 35.9 Å². The number of likely N-dealkylation sites (tertiary alicyclic amines) is 1. The van der Waals surface area contributed by atoms with Crippen LogP contribution in [0, 0.1) is 5.92 Å². The lowest BCUT2D eigenvalue weighted by Gasteiger charge is -2.39. The lowest BCUT2D eigenvalue weighted by atomic mass is 9.96. The topological polar surface area (TPSA) is 23.5 Å². The monoisotopic (exact) mass is 231 g/mol. The molecule has 2 heteroatoms. The Labute approximate surface area is 103 Å². The Morgan fingerprint density at radius 2 is 2.06 bits per heavy atom. The number of hydrogen-bond donors (Lipinski definition) is 1. The Kier molecular flexibility index (Phi) is 2.93. The van der Waals surface area contributed by atoms with E-state index < -0.39 is 0 Å². The molecule has 1 heterocycles. The molecule has 92 valence electrons. The van der Waals surface area contributed by atoms with Crippen LogP contribution in [0.5, 0.6) is 0 Å². The number of hydrogen-bond acceptors (Lipinski definition) is 2. The summed E-state index contributed by atoms with van der Waals surface area (Å²) in [6.07, 6.45) is 3.93. The van der Waals surface area contributed by atoms with Gasteiger partial charge >= 0.3 is 0 Å². The van der Waals surface area contributed by atoms with Crippen LogP contribution in [0.4, 0.5) is 0 Å². The summed E-state index contributed by atoms with van der Waals surface area (Å²) in [6.45, 7) is 2.59. The van der Waals surface area contributed by atoms with E-state index >= 15 is 0 Å². The van der Waals surface area contributed by atoms with E-state index in [0.717, 1.165) is 5.92 Å². The molecule has 1 aromatic rings. The molecular weight excluding hydrogens is 210 g/mol. The number of fused-ring (bicyclic) bond motifs is 2. The fourth-order valence-corrected chi connectivity index (χ4v) is 3.88. The van der Waals surface area contributed by atoms with E-state index in [0.29, 0.717) is 24.7 Å². The van der Waals surface area contributed by atoms with Crippen LogP contribution in [-0.2, 0) is 0 Å². The molecule has 0 unspecified atom stereocenters. The highest BCUT2D eigenvalue weighted by atomic mass is 16.3. The fraction of sp³-hybridized carbons (Fsp3) is 0.600. The Morgan fingerprint density at radius 3 is 2.76 bits per heavy atom. The first-order valence-electron chi connectivity index (χ1n) is 6.74. The minimum Gasteiger partial charge on any atom is -0.395 e. The van der Waals surface area contributed by atoms with Gasteiger partial charge in [0.05, 0.1) is 6.61 Å². The molecule has 3 rings (SSSR count). The van der Waals surface area contributed by atoms with E-state index in [9.17, 15) is 5.11 Å². The van der Waals surface area contributed by atoms with Crippen molar-refractivity contribution >= 4 is 0 Å². The second kappa shape index (κ2) is 4.43. The summed E-state index contributed by atoms with van der Waals surface area (Å²) in [5.74, 6) is 0.733. The van der Waals surface area contributed by atoms with Crippen LogP contribution in [0.25, 0.3) is 0 Å². The second-order valence-corrected chi connectivity index (χ2v) is 5.51. The van der Waals surface area contributed by atoms with Crippen molar-refractivity contribution in [1.29, 1.82) is 0 Å². The van der Waals surface area contributed by atoms with Gasteiger partial charge in [0.25, 0.3) is 0 Å². The average Bonchev–Trinajstić information content (AvgIpc) is 2.98. The van der Waals surface area contributed by atoms with Gasteiger partial charge in [-0.05, 0) is 37.7 Å². The van der Waals surface area contributed by atoms with Crippen molar-refractivity contribution in [2.24, 2.45) is 5.92 Å². The third kappa shape index (κ3) is 1.80. The van der Waals surface area contributed by atoms with Crippen LogP contribution < -0.4 is 0 Å². The number of rotatable bonds is 3. The highest BCUT2D eigenvalue weighted by molar-refractivity contribution is 5.20. The Morgan fingerprint density at radius 1 is 1.29 bits per heavy atom. The molecule has 1 N–H and O–H groups in total. The van der Waals surface area contributed by atoms with Crippen LogP contribution in [0.2, 0.25) is 0 Å². The normalized spacial score (nSPS) is 34.1. The summed E-state index contributed by atoms with van der Waals surface area (Å²) in [5, 5.41) is 9.61. The molecule has 1 saturated carbocycles. The van der Waals surface area contributed by atoms with Crippen molar-refractivity contribution in [3.8, 4) is 0 Å². The predicted octanol–water partition coefficient (Wildman–Crippen LogP) is 2.59. The number of aliphatic hydroxyl groups excluding tert-OH is 1. The van der Waals surface area contributed by atoms with Crippen LogP contribution in [-0.4, -0.2) is 28.7 Å². The lowest BCUT2D eigenvalue weighted by molar-refractivity contribution is 0.0525. The number of piperidine rings is 1.